The Kier molecular flexibility index (Phi) is 2.95. The van der Waals surface area contributed by atoms with E-state index in [4.69, 9.17) is 5.73 Å². The van der Waals surface area contributed by atoms with Gasteiger partial charge < -0.3 is 11.1 Å². The Labute approximate surface area is 90.8 Å². The van der Waals surface area contributed by atoms with Gasteiger partial charge in [-0.15, -0.1) is 0 Å². The molecule has 84 valence electrons. The second kappa shape index (κ2) is 4.23. The zero-order chi connectivity index (χ0) is 10.8. The van der Waals surface area contributed by atoms with Crippen molar-refractivity contribution >= 4 is 5.69 Å². The number of hydrogen-bond donors (Lipinski definition) is 2. The first-order valence-corrected chi connectivity index (χ1v) is 5.67. The highest BCUT2D eigenvalue weighted by Gasteiger charge is 2.26. The lowest BCUT2D eigenvalue weighted by Gasteiger charge is -2.19. The van der Waals surface area contributed by atoms with Crippen LogP contribution in [0.25, 0.3) is 0 Å². The summed E-state index contributed by atoms with van der Waals surface area (Å²) < 4.78 is 1.85. The minimum atomic E-state index is 0.540. The average molecular weight is 208 g/mol. The van der Waals surface area contributed by atoms with Gasteiger partial charge in [-0.2, -0.15) is 5.10 Å². The van der Waals surface area contributed by atoms with Gasteiger partial charge in [-0.3, -0.25) is 4.68 Å². The third kappa shape index (κ3) is 2.15. The molecule has 1 aromatic heterocycles. The number of aryl methyl sites for hydroxylation is 2. The Hall–Kier alpha value is -1.03. The van der Waals surface area contributed by atoms with E-state index in [1.54, 1.807) is 0 Å². The van der Waals surface area contributed by atoms with Gasteiger partial charge in [0, 0.05) is 19.3 Å². The van der Waals surface area contributed by atoms with Crippen LogP contribution in [0.1, 0.15) is 25.0 Å². The first-order valence-electron chi connectivity index (χ1n) is 5.67. The predicted molar refractivity (Wildman–Crippen MR) is 61.8 cm³/mol. The summed E-state index contributed by atoms with van der Waals surface area (Å²) in [6.07, 6.45) is 5.82. The highest BCUT2D eigenvalue weighted by Crippen LogP contribution is 2.28. The largest absolute Gasteiger partial charge is 0.379 e. The van der Waals surface area contributed by atoms with E-state index in [9.17, 15) is 0 Å². The topological polar surface area (TPSA) is 55.9 Å². The molecule has 1 saturated carbocycles. The fourth-order valence-corrected chi connectivity index (χ4v) is 2.45. The quantitative estimate of drug-likeness (QED) is 0.786. The van der Waals surface area contributed by atoms with Gasteiger partial charge in [-0.25, -0.2) is 0 Å². The fourth-order valence-electron chi connectivity index (χ4n) is 2.45. The first kappa shape index (κ1) is 10.5. The van der Waals surface area contributed by atoms with Crippen molar-refractivity contribution in [3.8, 4) is 0 Å². The number of rotatable bonds is 3. The van der Waals surface area contributed by atoms with Crippen molar-refractivity contribution in [2.24, 2.45) is 18.7 Å². The van der Waals surface area contributed by atoms with Crippen LogP contribution in [0.3, 0.4) is 0 Å². The molecule has 1 heterocycles. The van der Waals surface area contributed by atoms with Crippen molar-refractivity contribution in [2.45, 2.75) is 32.2 Å². The molecule has 0 saturated heterocycles. The van der Waals surface area contributed by atoms with Crippen LogP contribution in [0.4, 0.5) is 5.69 Å². The second-order valence-electron chi connectivity index (χ2n) is 4.48. The van der Waals surface area contributed by atoms with E-state index in [1.165, 1.54) is 19.3 Å². The lowest BCUT2D eigenvalue weighted by Crippen LogP contribution is -2.29. The molecule has 0 bridgehead atoms. The molecule has 1 aliphatic rings. The van der Waals surface area contributed by atoms with Crippen molar-refractivity contribution in [2.75, 3.05) is 11.9 Å². The number of nitrogens with zero attached hydrogens (tertiary/aromatic N) is 2. The Bertz CT molecular complexity index is 331. The number of aromatic nitrogens is 2. The minimum absolute atomic E-state index is 0.540. The summed E-state index contributed by atoms with van der Waals surface area (Å²) in [6.45, 7) is 2.83. The lowest BCUT2D eigenvalue weighted by atomic mass is 10.0. The standard InChI is InChI=1S/C11H20N4/c1-8-11(7-15(2)14-8)13-10-5-3-4-9(10)6-12/h7,9-10,13H,3-6,12H2,1-2H3. The molecule has 0 spiro atoms. The van der Waals surface area contributed by atoms with Crippen molar-refractivity contribution in [1.82, 2.24) is 9.78 Å². The van der Waals surface area contributed by atoms with Gasteiger partial charge in [0.2, 0.25) is 0 Å². The lowest BCUT2D eigenvalue weighted by molar-refractivity contribution is 0.516. The van der Waals surface area contributed by atoms with Gasteiger partial charge >= 0.3 is 0 Å². The molecular formula is C11H20N4. The molecule has 15 heavy (non-hydrogen) atoms. The molecule has 0 aromatic carbocycles. The van der Waals surface area contributed by atoms with Gasteiger partial charge in [0.05, 0.1) is 11.4 Å². The SMILES string of the molecule is Cc1nn(C)cc1NC1CCCC1CN. The summed E-state index contributed by atoms with van der Waals surface area (Å²) in [4.78, 5) is 0. The number of nitrogens with two attached hydrogens (primary N) is 1. The summed E-state index contributed by atoms with van der Waals surface area (Å²) in [5.74, 6) is 0.629. The molecule has 0 radical (unpaired) electrons. The zero-order valence-corrected chi connectivity index (χ0v) is 9.53. The molecule has 1 aromatic rings. The van der Waals surface area contributed by atoms with Crippen LogP contribution < -0.4 is 11.1 Å². The van der Waals surface area contributed by atoms with Gasteiger partial charge in [-0.05, 0) is 32.2 Å². The highest BCUT2D eigenvalue weighted by atomic mass is 15.3. The summed E-state index contributed by atoms with van der Waals surface area (Å²) in [5.41, 5.74) is 7.99. The number of nitrogens with one attached hydrogen (secondary N) is 1. The molecule has 1 aliphatic carbocycles. The van der Waals surface area contributed by atoms with Gasteiger partial charge in [0.1, 0.15) is 0 Å². The number of hydrogen-bond acceptors (Lipinski definition) is 3. The van der Waals surface area contributed by atoms with Crippen molar-refractivity contribution in [3.63, 3.8) is 0 Å². The molecule has 0 aliphatic heterocycles. The smallest absolute Gasteiger partial charge is 0.0825 e. The Balaban J connectivity index is 2.05. The maximum absolute atomic E-state index is 5.76. The van der Waals surface area contributed by atoms with Crippen molar-refractivity contribution in [1.29, 1.82) is 0 Å². The van der Waals surface area contributed by atoms with E-state index in [2.05, 4.69) is 10.4 Å². The van der Waals surface area contributed by atoms with Crippen molar-refractivity contribution in [3.05, 3.63) is 11.9 Å². The minimum Gasteiger partial charge on any atom is -0.379 e. The monoisotopic (exact) mass is 208 g/mol. The van der Waals surface area contributed by atoms with Crippen molar-refractivity contribution < 1.29 is 0 Å². The molecular weight excluding hydrogens is 188 g/mol. The van der Waals surface area contributed by atoms with E-state index < -0.39 is 0 Å². The van der Waals surface area contributed by atoms with E-state index in [-0.39, 0.29) is 0 Å². The summed E-state index contributed by atoms with van der Waals surface area (Å²) in [7, 11) is 1.95. The third-order valence-corrected chi connectivity index (χ3v) is 3.32. The van der Waals surface area contributed by atoms with Crippen LogP contribution in [-0.4, -0.2) is 22.4 Å². The van der Waals surface area contributed by atoms with E-state index in [1.807, 2.05) is 24.9 Å². The molecule has 2 unspecified atom stereocenters. The Morgan fingerprint density at radius 3 is 3.00 bits per heavy atom. The fraction of sp³-hybridized carbons (Fsp3) is 0.727. The highest BCUT2D eigenvalue weighted by molar-refractivity contribution is 5.46. The molecule has 4 heteroatoms. The van der Waals surface area contributed by atoms with Crippen LogP contribution in [0.2, 0.25) is 0 Å². The van der Waals surface area contributed by atoms with Crippen LogP contribution in [0.5, 0.6) is 0 Å². The van der Waals surface area contributed by atoms with Crippen LogP contribution >= 0.6 is 0 Å². The molecule has 1 fully saturated rings. The molecule has 2 atom stereocenters. The van der Waals surface area contributed by atoms with E-state index >= 15 is 0 Å². The zero-order valence-electron chi connectivity index (χ0n) is 9.53. The van der Waals surface area contributed by atoms with Gasteiger partial charge in [0.25, 0.3) is 0 Å². The predicted octanol–water partition coefficient (Wildman–Crippen LogP) is 1.27. The van der Waals surface area contributed by atoms with Crippen LogP contribution in [0.15, 0.2) is 6.20 Å². The molecule has 0 amide bonds. The Morgan fingerprint density at radius 2 is 2.40 bits per heavy atom. The maximum Gasteiger partial charge on any atom is 0.0825 e. The third-order valence-electron chi connectivity index (χ3n) is 3.32. The van der Waals surface area contributed by atoms with E-state index in [0.717, 1.165) is 17.9 Å². The average Bonchev–Trinajstić information content (AvgIpc) is 2.74. The summed E-state index contributed by atoms with van der Waals surface area (Å²) in [5, 5.41) is 7.89. The second-order valence-corrected chi connectivity index (χ2v) is 4.48. The molecule has 4 nitrogen and oxygen atoms in total. The van der Waals surface area contributed by atoms with Gasteiger partial charge in [0.15, 0.2) is 0 Å². The molecule has 2 rings (SSSR count). The molecule has 3 N–H and O–H groups in total. The summed E-state index contributed by atoms with van der Waals surface area (Å²) >= 11 is 0. The maximum atomic E-state index is 5.76. The van der Waals surface area contributed by atoms with Crippen LogP contribution in [0, 0.1) is 12.8 Å². The van der Waals surface area contributed by atoms with E-state index in [0.29, 0.717) is 12.0 Å². The normalized spacial score (nSPS) is 25.8. The number of anilines is 1. The first-order chi connectivity index (χ1) is 7.20. The van der Waals surface area contributed by atoms with Crippen LogP contribution in [-0.2, 0) is 7.05 Å². The Morgan fingerprint density at radius 1 is 1.60 bits per heavy atom. The summed E-state index contributed by atoms with van der Waals surface area (Å²) in [6, 6.07) is 0.540. The van der Waals surface area contributed by atoms with Gasteiger partial charge in [-0.1, -0.05) is 6.42 Å².